The number of sulfonamides is 1. The van der Waals surface area contributed by atoms with Crippen molar-refractivity contribution >= 4 is 16.1 Å². The molecule has 1 amide bonds. The summed E-state index contributed by atoms with van der Waals surface area (Å²) in [6, 6.07) is 0. The molecule has 1 rings (SSSR count). The predicted molar refractivity (Wildman–Crippen MR) is 82.6 cm³/mol. The first-order valence-electron chi connectivity index (χ1n) is 7.29. The van der Waals surface area contributed by atoms with E-state index in [1.807, 2.05) is 20.8 Å². The molecular weight excluding hydrogens is 292 g/mol. The molecule has 1 fully saturated rings. The van der Waals surface area contributed by atoms with Crippen molar-refractivity contribution in [1.82, 2.24) is 9.62 Å². The van der Waals surface area contributed by atoms with E-state index in [4.69, 9.17) is 4.74 Å². The number of carbonyl (C=O) groups excluding carboxylic acids is 1. The molecule has 6 nitrogen and oxygen atoms in total. The maximum absolute atomic E-state index is 11.9. The van der Waals surface area contributed by atoms with Gasteiger partial charge in [0.15, 0.2) is 0 Å². The fourth-order valence-corrected chi connectivity index (χ4v) is 2.66. The van der Waals surface area contributed by atoms with E-state index in [9.17, 15) is 13.2 Å². The van der Waals surface area contributed by atoms with Gasteiger partial charge in [-0.15, -0.1) is 0 Å². The summed E-state index contributed by atoms with van der Waals surface area (Å²) in [6.07, 6.45) is 0.434. The summed E-state index contributed by atoms with van der Waals surface area (Å²) in [4.78, 5) is 13.4. The van der Waals surface area contributed by atoms with Crippen molar-refractivity contribution in [2.45, 2.75) is 58.3 Å². The minimum absolute atomic E-state index is 0.297. The number of nitrogens with one attached hydrogen (secondary N) is 1. The summed E-state index contributed by atoms with van der Waals surface area (Å²) in [5.41, 5.74) is -0.482. The lowest BCUT2D eigenvalue weighted by Crippen LogP contribution is -2.52. The molecule has 21 heavy (non-hydrogen) atoms. The second kappa shape index (κ2) is 6.12. The average Bonchev–Trinajstić information content (AvgIpc) is 2.16. The predicted octanol–water partition coefficient (Wildman–Crippen LogP) is 1.96. The van der Waals surface area contributed by atoms with Crippen molar-refractivity contribution < 1.29 is 17.9 Å². The molecule has 0 bridgehead atoms. The van der Waals surface area contributed by atoms with Crippen molar-refractivity contribution in [3.05, 3.63) is 0 Å². The molecule has 1 aliphatic heterocycles. The third kappa shape index (κ3) is 5.47. The van der Waals surface area contributed by atoms with Crippen LogP contribution in [0.5, 0.6) is 0 Å². The summed E-state index contributed by atoms with van der Waals surface area (Å²) in [5, 5.41) is 0. The lowest BCUT2D eigenvalue weighted by molar-refractivity contribution is -0.00187. The van der Waals surface area contributed by atoms with Gasteiger partial charge in [0.25, 0.3) is 0 Å². The Morgan fingerprint density at radius 2 is 1.71 bits per heavy atom. The number of hydrogen-bond donors (Lipinski definition) is 1. The monoisotopic (exact) mass is 320 g/mol. The maximum Gasteiger partial charge on any atom is 0.410 e. The quantitative estimate of drug-likeness (QED) is 0.859. The second-order valence-electron chi connectivity index (χ2n) is 7.55. The van der Waals surface area contributed by atoms with Crippen LogP contribution < -0.4 is 4.72 Å². The Morgan fingerprint density at radius 3 is 2.14 bits per heavy atom. The fourth-order valence-electron chi connectivity index (χ4n) is 1.84. The number of ether oxygens (including phenoxy) is 1. The van der Waals surface area contributed by atoms with E-state index in [0.717, 1.165) is 6.42 Å². The van der Waals surface area contributed by atoms with Gasteiger partial charge in [-0.05, 0) is 53.9 Å². The summed E-state index contributed by atoms with van der Waals surface area (Å²) in [6.45, 7) is 12.2. The van der Waals surface area contributed by atoms with Crippen molar-refractivity contribution in [3.63, 3.8) is 0 Å². The summed E-state index contributed by atoms with van der Waals surface area (Å²) in [5.74, 6) is 0.334. The smallest absolute Gasteiger partial charge is 0.410 e. The lowest BCUT2D eigenvalue weighted by Gasteiger charge is -2.40. The number of rotatable bonds is 4. The molecule has 7 heteroatoms. The highest BCUT2D eigenvalue weighted by atomic mass is 32.2. The van der Waals surface area contributed by atoms with Gasteiger partial charge in [-0.2, -0.15) is 0 Å². The van der Waals surface area contributed by atoms with Crippen molar-refractivity contribution in [2.24, 2.45) is 5.92 Å². The lowest BCUT2D eigenvalue weighted by atomic mass is 9.97. The molecule has 0 saturated carbocycles. The molecule has 0 unspecified atom stereocenters. The highest BCUT2D eigenvalue weighted by Gasteiger charge is 2.34. The van der Waals surface area contributed by atoms with Crippen LogP contribution in [-0.2, 0) is 14.8 Å². The molecule has 124 valence electrons. The summed E-state index contributed by atoms with van der Waals surface area (Å²) >= 11 is 0. The van der Waals surface area contributed by atoms with Crippen LogP contribution in [0, 0.1) is 5.92 Å². The zero-order valence-electron chi connectivity index (χ0n) is 13.9. The summed E-state index contributed by atoms with van der Waals surface area (Å²) < 4.78 is 30.8. The van der Waals surface area contributed by atoms with Crippen LogP contribution in [0.3, 0.4) is 0 Å². The third-order valence-corrected chi connectivity index (χ3v) is 5.46. The highest BCUT2D eigenvalue weighted by molar-refractivity contribution is 7.90. The molecule has 0 aromatic rings. The first-order valence-corrected chi connectivity index (χ1v) is 8.77. The number of likely N-dealkylation sites (tertiary alicyclic amines) is 1. The fraction of sp³-hybridized carbons (Fsp3) is 0.929. The topological polar surface area (TPSA) is 75.7 Å². The van der Waals surface area contributed by atoms with Gasteiger partial charge in [0, 0.05) is 19.6 Å². The molecule has 0 aromatic carbocycles. The Balaban J connectivity index is 2.27. The van der Waals surface area contributed by atoms with Crippen LogP contribution in [0.4, 0.5) is 4.79 Å². The number of hydrogen-bond acceptors (Lipinski definition) is 4. The molecule has 0 spiro atoms. The molecule has 1 heterocycles. The van der Waals surface area contributed by atoms with E-state index in [-0.39, 0.29) is 6.09 Å². The molecule has 0 aliphatic carbocycles. The van der Waals surface area contributed by atoms with E-state index in [1.54, 1.807) is 25.7 Å². The first kappa shape index (κ1) is 18.2. The number of amides is 1. The first-order chi connectivity index (χ1) is 9.32. The van der Waals surface area contributed by atoms with Gasteiger partial charge in [0.05, 0.1) is 4.75 Å². The Bertz CT molecular complexity index is 468. The molecule has 1 aliphatic rings. The van der Waals surface area contributed by atoms with Crippen LogP contribution in [-0.4, -0.2) is 49.4 Å². The Morgan fingerprint density at radius 1 is 1.19 bits per heavy atom. The van der Waals surface area contributed by atoms with E-state index in [1.165, 1.54) is 0 Å². The molecule has 0 atom stereocenters. The Hall–Kier alpha value is -0.820. The molecular formula is C14H28N2O4S. The van der Waals surface area contributed by atoms with Crippen LogP contribution in [0.2, 0.25) is 0 Å². The van der Waals surface area contributed by atoms with E-state index >= 15 is 0 Å². The van der Waals surface area contributed by atoms with Gasteiger partial charge in [-0.25, -0.2) is 17.9 Å². The number of carbonyl (C=O) groups is 1. The van der Waals surface area contributed by atoms with E-state index in [0.29, 0.717) is 25.6 Å². The van der Waals surface area contributed by atoms with Crippen LogP contribution in [0.1, 0.15) is 48.0 Å². The molecule has 0 radical (unpaired) electrons. The van der Waals surface area contributed by atoms with Crippen LogP contribution in [0.15, 0.2) is 0 Å². The Kier molecular flexibility index (Phi) is 5.31. The minimum Gasteiger partial charge on any atom is -0.444 e. The van der Waals surface area contributed by atoms with Gasteiger partial charge in [0.1, 0.15) is 5.60 Å². The maximum atomic E-state index is 11.9. The van der Waals surface area contributed by atoms with E-state index in [2.05, 4.69) is 4.72 Å². The normalized spacial score (nSPS) is 17.5. The van der Waals surface area contributed by atoms with Crippen molar-refractivity contribution in [3.8, 4) is 0 Å². The zero-order valence-corrected chi connectivity index (χ0v) is 14.7. The molecule has 1 saturated heterocycles. The van der Waals surface area contributed by atoms with Crippen molar-refractivity contribution in [2.75, 3.05) is 19.6 Å². The Labute approximate surface area is 128 Å². The number of nitrogens with zero attached hydrogens (tertiary/aromatic N) is 1. The molecule has 0 aromatic heterocycles. The summed E-state index contributed by atoms with van der Waals surface area (Å²) in [7, 11) is -3.29. The van der Waals surface area contributed by atoms with Crippen LogP contribution >= 0.6 is 0 Å². The second-order valence-corrected chi connectivity index (χ2v) is 10.1. The SMILES string of the molecule is CC(C)(C)OC(=O)N1CC(CCNS(=O)(=O)C(C)(C)C)C1. The largest absolute Gasteiger partial charge is 0.444 e. The average molecular weight is 320 g/mol. The molecule has 1 N–H and O–H groups in total. The highest BCUT2D eigenvalue weighted by Crippen LogP contribution is 2.22. The third-order valence-electron chi connectivity index (χ3n) is 3.26. The van der Waals surface area contributed by atoms with Gasteiger partial charge in [0.2, 0.25) is 10.0 Å². The van der Waals surface area contributed by atoms with Gasteiger partial charge in [-0.3, -0.25) is 0 Å². The van der Waals surface area contributed by atoms with Gasteiger partial charge in [-0.1, -0.05) is 0 Å². The minimum atomic E-state index is -3.29. The van der Waals surface area contributed by atoms with Crippen molar-refractivity contribution in [1.29, 1.82) is 0 Å². The van der Waals surface area contributed by atoms with Crippen LogP contribution in [0.25, 0.3) is 0 Å². The van der Waals surface area contributed by atoms with E-state index < -0.39 is 20.4 Å². The standard InChI is InChI=1S/C14H28N2O4S/c1-13(2,3)20-12(17)16-9-11(10-16)7-8-15-21(18,19)14(4,5)6/h11,15H,7-10H2,1-6H3. The van der Waals surface area contributed by atoms with Gasteiger partial charge >= 0.3 is 6.09 Å². The van der Waals surface area contributed by atoms with Gasteiger partial charge < -0.3 is 9.64 Å². The zero-order chi connectivity index (χ0) is 16.5.